The number of thiophene rings is 1. The molecule has 1 aliphatic rings. The Hall–Kier alpha value is -2.14. The highest BCUT2D eigenvalue weighted by molar-refractivity contribution is 7.15. The van der Waals surface area contributed by atoms with Gasteiger partial charge in [0, 0.05) is 18.5 Å². The van der Waals surface area contributed by atoms with Crippen molar-refractivity contribution in [2.45, 2.75) is 38.1 Å². The van der Waals surface area contributed by atoms with E-state index in [0.717, 1.165) is 37.1 Å². The fourth-order valence-electron chi connectivity index (χ4n) is 3.60. The van der Waals surface area contributed by atoms with Crippen LogP contribution >= 0.6 is 11.3 Å². The number of carboxylic acids is 1. The Kier molecular flexibility index (Phi) is 5.00. The highest BCUT2D eigenvalue weighted by Crippen LogP contribution is 2.35. The van der Waals surface area contributed by atoms with Crippen LogP contribution in [0.2, 0.25) is 0 Å². The number of hydrogen-bond acceptors (Lipinski definition) is 3. The summed E-state index contributed by atoms with van der Waals surface area (Å²) in [6.07, 6.45) is 2.97. The van der Waals surface area contributed by atoms with Crippen LogP contribution in [0.4, 0.5) is 0 Å². The number of carboxylic acid groups (broad SMARTS) is 1. The first kappa shape index (κ1) is 16.7. The number of rotatable bonds is 5. The molecule has 2 heterocycles. The maximum Gasteiger partial charge on any atom is 0.345 e. The molecule has 1 aromatic heterocycles. The van der Waals surface area contributed by atoms with Crippen molar-refractivity contribution < 1.29 is 14.7 Å². The molecule has 24 heavy (non-hydrogen) atoms. The number of amides is 1. The van der Waals surface area contributed by atoms with Crippen LogP contribution in [0.15, 0.2) is 42.5 Å². The lowest BCUT2D eigenvalue weighted by atomic mass is 9.87. The second kappa shape index (κ2) is 7.18. The van der Waals surface area contributed by atoms with Crippen LogP contribution in [0, 0.1) is 0 Å². The molecule has 3 rings (SSSR count). The van der Waals surface area contributed by atoms with Gasteiger partial charge in [-0.1, -0.05) is 37.3 Å². The zero-order chi connectivity index (χ0) is 17.1. The Labute approximate surface area is 145 Å². The normalized spacial score (nSPS) is 18.5. The molecule has 1 aliphatic heterocycles. The molecule has 2 aromatic rings. The first-order valence-corrected chi connectivity index (χ1v) is 9.12. The third kappa shape index (κ3) is 3.22. The van der Waals surface area contributed by atoms with Crippen molar-refractivity contribution in [3.63, 3.8) is 0 Å². The van der Waals surface area contributed by atoms with Crippen molar-refractivity contribution in [1.29, 1.82) is 0 Å². The largest absolute Gasteiger partial charge is 0.477 e. The number of hydrogen-bond donors (Lipinski definition) is 1. The van der Waals surface area contributed by atoms with E-state index in [2.05, 4.69) is 19.1 Å². The van der Waals surface area contributed by atoms with Gasteiger partial charge in [0.15, 0.2) is 0 Å². The first-order chi connectivity index (χ1) is 11.6. The average molecular weight is 343 g/mol. The van der Waals surface area contributed by atoms with Crippen molar-refractivity contribution in [3.8, 4) is 0 Å². The lowest BCUT2D eigenvalue weighted by Gasteiger charge is -2.31. The summed E-state index contributed by atoms with van der Waals surface area (Å²) < 4.78 is 0. The molecular weight excluding hydrogens is 322 g/mol. The fourth-order valence-corrected chi connectivity index (χ4v) is 4.40. The molecule has 0 spiro atoms. The Morgan fingerprint density at radius 2 is 1.92 bits per heavy atom. The molecule has 0 saturated carbocycles. The van der Waals surface area contributed by atoms with E-state index in [1.54, 1.807) is 6.07 Å². The third-order valence-corrected chi connectivity index (χ3v) is 5.78. The number of nitrogens with zero attached hydrogens (tertiary/aromatic N) is 1. The Balaban J connectivity index is 1.83. The van der Waals surface area contributed by atoms with Crippen LogP contribution in [0.3, 0.4) is 0 Å². The Bertz CT molecular complexity index is 725. The van der Waals surface area contributed by atoms with Gasteiger partial charge in [-0.05, 0) is 37.0 Å². The monoisotopic (exact) mass is 343 g/mol. The van der Waals surface area contributed by atoms with Crippen LogP contribution < -0.4 is 0 Å². The van der Waals surface area contributed by atoms with Gasteiger partial charge < -0.3 is 10.0 Å². The number of likely N-dealkylation sites (tertiary alicyclic amines) is 1. The standard InChI is InChI=1S/C19H21NO3S/c1-2-14(13-7-4-3-5-8-13)15-9-6-12-20(15)18(21)16-10-11-17(24-16)19(22)23/h3-5,7-8,10-11,14-15H,2,6,9,12H2,1H3,(H,22,23). The smallest absolute Gasteiger partial charge is 0.345 e. The molecule has 1 saturated heterocycles. The van der Waals surface area contributed by atoms with Gasteiger partial charge in [0.1, 0.15) is 4.88 Å². The van der Waals surface area contributed by atoms with Crippen LogP contribution in [0.25, 0.3) is 0 Å². The average Bonchev–Trinajstić information content (AvgIpc) is 3.26. The van der Waals surface area contributed by atoms with E-state index in [0.29, 0.717) is 10.8 Å². The van der Waals surface area contributed by atoms with E-state index in [4.69, 9.17) is 5.11 Å². The molecule has 2 atom stereocenters. The summed E-state index contributed by atoms with van der Waals surface area (Å²) in [6.45, 7) is 2.90. The van der Waals surface area contributed by atoms with Crippen molar-refractivity contribution in [3.05, 3.63) is 57.8 Å². The SMILES string of the molecule is CCC(c1ccccc1)C1CCCN1C(=O)c1ccc(C(=O)O)s1. The van der Waals surface area contributed by atoms with E-state index in [1.165, 1.54) is 11.6 Å². The molecule has 1 N–H and O–H groups in total. The minimum Gasteiger partial charge on any atom is -0.477 e. The van der Waals surface area contributed by atoms with E-state index in [9.17, 15) is 9.59 Å². The summed E-state index contributed by atoms with van der Waals surface area (Å²) in [6, 6.07) is 13.7. The van der Waals surface area contributed by atoms with Crippen LogP contribution in [0.1, 0.15) is 57.0 Å². The van der Waals surface area contributed by atoms with Gasteiger partial charge in [0.2, 0.25) is 0 Å². The van der Waals surface area contributed by atoms with Gasteiger partial charge >= 0.3 is 5.97 Å². The zero-order valence-corrected chi connectivity index (χ0v) is 14.5. The van der Waals surface area contributed by atoms with Crippen LogP contribution in [-0.2, 0) is 0 Å². The first-order valence-electron chi connectivity index (χ1n) is 8.31. The highest BCUT2D eigenvalue weighted by Gasteiger charge is 2.35. The molecule has 1 amide bonds. The minimum absolute atomic E-state index is 0.0376. The topological polar surface area (TPSA) is 57.6 Å². The number of carbonyl (C=O) groups is 2. The molecule has 0 aliphatic carbocycles. The minimum atomic E-state index is -0.979. The molecule has 1 aromatic carbocycles. The lowest BCUT2D eigenvalue weighted by molar-refractivity contribution is 0.0699. The van der Waals surface area contributed by atoms with Gasteiger partial charge in [-0.15, -0.1) is 11.3 Å². The van der Waals surface area contributed by atoms with Crippen molar-refractivity contribution in [2.75, 3.05) is 6.54 Å². The summed E-state index contributed by atoms with van der Waals surface area (Å²) in [5.74, 6) is -0.700. The molecule has 4 nitrogen and oxygen atoms in total. The quantitative estimate of drug-likeness (QED) is 0.883. The Morgan fingerprint density at radius 3 is 2.54 bits per heavy atom. The van der Waals surface area contributed by atoms with Gasteiger partial charge in [-0.25, -0.2) is 4.79 Å². The molecule has 0 bridgehead atoms. The molecule has 0 radical (unpaired) electrons. The molecule has 126 valence electrons. The lowest BCUT2D eigenvalue weighted by Crippen LogP contribution is -2.38. The fraction of sp³-hybridized carbons (Fsp3) is 0.368. The van der Waals surface area contributed by atoms with Crippen LogP contribution in [-0.4, -0.2) is 34.5 Å². The maximum atomic E-state index is 12.9. The van der Waals surface area contributed by atoms with Gasteiger partial charge in [0.25, 0.3) is 5.91 Å². The maximum absolute atomic E-state index is 12.9. The van der Waals surface area contributed by atoms with Gasteiger partial charge in [0.05, 0.1) is 4.88 Å². The van der Waals surface area contributed by atoms with E-state index in [-0.39, 0.29) is 16.8 Å². The second-order valence-electron chi connectivity index (χ2n) is 6.10. The summed E-state index contributed by atoms with van der Waals surface area (Å²) in [5.41, 5.74) is 1.27. The summed E-state index contributed by atoms with van der Waals surface area (Å²) >= 11 is 1.06. The second-order valence-corrected chi connectivity index (χ2v) is 7.19. The van der Waals surface area contributed by atoms with Crippen LogP contribution in [0.5, 0.6) is 0 Å². The van der Waals surface area contributed by atoms with Crippen molar-refractivity contribution in [2.24, 2.45) is 0 Å². The summed E-state index contributed by atoms with van der Waals surface area (Å²) in [7, 11) is 0. The summed E-state index contributed by atoms with van der Waals surface area (Å²) in [4.78, 5) is 26.6. The van der Waals surface area contributed by atoms with Gasteiger partial charge in [-0.3, -0.25) is 4.79 Å². The molecule has 5 heteroatoms. The van der Waals surface area contributed by atoms with E-state index in [1.807, 2.05) is 23.1 Å². The Morgan fingerprint density at radius 1 is 1.21 bits per heavy atom. The number of carbonyl (C=O) groups excluding carboxylic acids is 1. The molecule has 1 fully saturated rings. The predicted octanol–water partition coefficient (Wildman–Crippen LogP) is 4.24. The van der Waals surface area contributed by atoms with E-state index < -0.39 is 5.97 Å². The van der Waals surface area contributed by atoms with E-state index >= 15 is 0 Å². The number of benzene rings is 1. The summed E-state index contributed by atoms with van der Waals surface area (Å²) in [5, 5.41) is 9.06. The molecular formula is C19H21NO3S. The third-order valence-electron chi connectivity index (χ3n) is 4.72. The van der Waals surface area contributed by atoms with Crippen molar-refractivity contribution >= 4 is 23.2 Å². The van der Waals surface area contributed by atoms with Crippen molar-refractivity contribution in [1.82, 2.24) is 4.90 Å². The number of aromatic carboxylic acids is 1. The highest BCUT2D eigenvalue weighted by atomic mass is 32.1. The zero-order valence-electron chi connectivity index (χ0n) is 13.6. The predicted molar refractivity (Wildman–Crippen MR) is 94.8 cm³/mol. The molecule has 2 unspecified atom stereocenters. The van der Waals surface area contributed by atoms with Gasteiger partial charge in [-0.2, -0.15) is 0 Å².